The zero-order valence-electron chi connectivity index (χ0n) is 12.3. The number of methoxy groups -OCH3 is 1. The first-order valence-corrected chi connectivity index (χ1v) is 7.57. The van der Waals surface area contributed by atoms with E-state index in [1.165, 1.54) is 0 Å². The average Bonchev–Trinajstić information content (AvgIpc) is 2.48. The molecule has 1 atom stereocenters. The van der Waals surface area contributed by atoms with E-state index in [9.17, 15) is 0 Å². The molecule has 0 aliphatic rings. The molecule has 0 radical (unpaired) electrons. The van der Waals surface area contributed by atoms with Crippen molar-refractivity contribution in [3.05, 3.63) is 58.3 Å². The summed E-state index contributed by atoms with van der Waals surface area (Å²) < 4.78 is 6.37. The minimum absolute atomic E-state index is 0.111. The Balaban J connectivity index is 2.19. The Morgan fingerprint density at radius 1 is 1.33 bits per heavy atom. The van der Waals surface area contributed by atoms with Gasteiger partial charge in [0.2, 0.25) is 0 Å². The van der Waals surface area contributed by atoms with Crippen molar-refractivity contribution < 1.29 is 4.74 Å². The van der Waals surface area contributed by atoms with Crippen molar-refractivity contribution in [1.29, 1.82) is 0 Å². The SMILES string of the molecule is COc1ccccc1CN(C)C(CN)c1cncc(Br)c1. The molecule has 0 saturated heterocycles. The van der Waals surface area contributed by atoms with Crippen molar-refractivity contribution in [3.8, 4) is 5.75 Å². The van der Waals surface area contributed by atoms with Gasteiger partial charge in [0.1, 0.15) is 5.75 Å². The van der Waals surface area contributed by atoms with Crippen molar-refractivity contribution in [2.45, 2.75) is 12.6 Å². The van der Waals surface area contributed by atoms with Gasteiger partial charge in [-0.1, -0.05) is 18.2 Å². The smallest absolute Gasteiger partial charge is 0.123 e. The molecule has 112 valence electrons. The lowest BCUT2D eigenvalue weighted by atomic mass is 10.1. The molecule has 1 aromatic carbocycles. The number of likely N-dealkylation sites (N-methyl/N-ethyl adjacent to an activating group) is 1. The Kier molecular flexibility index (Phi) is 5.73. The third-order valence-electron chi connectivity index (χ3n) is 3.48. The first kappa shape index (κ1) is 15.9. The fourth-order valence-corrected chi connectivity index (χ4v) is 2.78. The number of benzene rings is 1. The van der Waals surface area contributed by atoms with Crippen LogP contribution < -0.4 is 10.5 Å². The summed E-state index contributed by atoms with van der Waals surface area (Å²) in [5, 5.41) is 0. The van der Waals surface area contributed by atoms with E-state index in [4.69, 9.17) is 10.5 Å². The van der Waals surface area contributed by atoms with Crippen LogP contribution >= 0.6 is 15.9 Å². The molecule has 2 N–H and O–H groups in total. The Bertz CT molecular complexity index is 591. The van der Waals surface area contributed by atoms with Crippen LogP contribution in [-0.4, -0.2) is 30.6 Å². The summed E-state index contributed by atoms with van der Waals surface area (Å²) in [4.78, 5) is 6.43. The van der Waals surface area contributed by atoms with E-state index in [1.807, 2.05) is 24.4 Å². The highest BCUT2D eigenvalue weighted by molar-refractivity contribution is 9.10. The Labute approximate surface area is 134 Å². The van der Waals surface area contributed by atoms with Crippen LogP contribution in [-0.2, 0) is 6.54 Å². The molecule has 0 aliphatic heterocycles. The number of hydrogen-bond donors (Lipinski definition) is 1. The van der Waals surface area contributed by atoms with Gasteiger partial charge in [-0.25, -0.2) is 0 Å². The number of ether oxygens (including phenoxy) is 1. The standard InChI is InChI=1S/C16H20BrN3O/c1-20(11-12-5-3-4-6-16(12)21-2)15(8-18)13-7-14(17)10-19-9-13/h3-7,9-10,15H,8,11,18H2,1-2H3. The molecule has 0 bridgehead atoms. The van der Waals surface area contributed by atoms with Gasteiger partial charge < -0.3 is 10.5 Å². The summed E-state index contributed by atoms with van der Waals surface area (Å²) in [6.07, 6.45) is 3.64. The molecule has 2 rings (SSSR count). The number of pyridine rings is 1. The molecule has 1 aromatic heterocycles. The van der Waals surface area contributed by atoms with Gasteiger partial charge >= 0.3 is 0 Å². The molecule has 5 heteroatoms. The summed E-state index contributed by atoms with van der Waals surface area (Å²) >= 11 is 3.46. The van der Waals surface area contributed by atoms with Crippen molar-refractivity contribution in [2.75, 3.05) is 20.7 Å². The number of rotatable bonds is 6. The topological polar surface area (TPSA) is 51.4 Å². The second-order valence-corrected chi connectivity index (χ2v) is 5.83. The van der Waals surface area contributed by atoms with Crippen molar-refractivity contribution in [3.63, 3.8) is 0 Å². The zero-order chi connectivity index (χ0) is 15.2. The van der Waals surface area contributed by atoms with Crippen LogP contribution in [0.25, 0.3) is 0 Å². The lowest BCUT2D eigenvalue weighted by Gasteiger charge is -2.27. The first-order valence-electron chi connectivity index (χ1n) is 6.78. The molecule has 0 spiro atoms. The lowest BCUT2D eigenvalue weighted by Crippen LogP contribution is -2.30. The van der Waals surface area contributed by atoms with Crippen LogP contribution in [0.2, 0.25) is 0 Å². The van der Waals surface area contributed by atoms with Crippen LogP contribution in [0, 0.1) is 0 Å². The highest BCUT2D eigenvalue weighted by Gasteiger charge is 2.17. The first-order chi connectivity index (χ1) is 10.2. The number of aromatic nitrogens is 1. The molecule has 2 aromatic rings. The predicted octanol–water partition coefficient (Wildman–Crippen LogP) is 2.98. The van der Waals surface area contributed by atoms with Gasteiger partial charge in [-0.05, 0) is 40.7 Å². The van der Waals surface area contributed by atoms with Gasteiger partial charge in [0.15, 0.2) is 0 Å². The van der Waals surface area contributed by atoms with Gasteiger partial charge in [-0.15, -0.1) is 0 Å². The molecule has 21 heavy (non-hydrogen) atoms. The second-order valence-electron chi connectivity index (χ2n) is 4.91. The highest BCUT2D eigenvalue weighted by atomic mass is 79.9. The van der Waals surface area contributed by atoms with Gasteiger partial charge in [-0.3, -0.25) is 9.88 Å². The molecule has 4 nitrogen and oxygen atoms in total. The van der Waals surface area contributed by atoms with Gasteiger partial charge in [0.25, 0.3) is 0 Å². The maximum atomic E-state index is 5.96. The summed E-state index contributed by atoms with van der Waals surface area (Å²) in [5.74, 6) is 0.896. The fraction of sp³-hybridized carbons (Fsp3) is 0.312. The average molecular weight is 350 g/mol. The third-order valence-corrected chi connectivity index (χ3v) is 3.91. The van der Waals surface area contributed by atoms with Crippen LogP contribution in [0.3, 0.4) is 0 Å². The highest BCUT2D eigenvalue weighted by Crippen LogP contribution is 2.25. The van der Waals surface area contributed by atoms with Crippen molar-refractivity contribution >= 4 is 15.9 Å². The molecule has 0 saturated carbocycles. The van der Waals surface area contributed by atoms with Crippen molar-refractivity contribution in [2.24, 2.45) is 5.73 Å². The van der Waals surface area contributed by atoms with Gasteiger partial charge in [0, 0.05) is 41.6 Å². The maximum absolute atomic E-state index is 5.96. The lowest BCUT2D eigenvalue weighted by molar-refractivity contribution is 0.238. The zero-order valence-corrected chi connectivity index (χ0v) is 13.9. The largest absolute Gasteiger partial charge is 0.496 e. The quantitative estimate of drug-likeness (QED) is 0.870. The van der Waals surface area contributed by atoms with E-state index in [2.05, 4.69) is 45.0 Å². The van der Waals surface area contributed by atoms with Crippen LogP contribution in [0.5, 0.6) is 5.75 Å². The monoisotopic (exact) mass is 349 g/mol. The van der Waals surface area contributed by atoms with Crippen molar-refractivity contribution in [1.82, 2.24) is 9.88 Å². The number of halogens is 1. The number of para-hydroxylation sites is 1. The summed E-state index contributed by atoms with van der Waals surface area (Å²) in [7, 11) is 3.75. The minimum atomic E-state index is 0.111. The molecule has 1 heterocycles. The summed E-state index contributed by atoms with van der Waals surface area (Å²) in [6, 6.07) is 10.2. The Hall–Kier alpha value is -1.43. The van der Waals surface area contributed by atoms with E-state index in [0.29, 0.717) is 6.54 Å². The molecule has 0 amide bonds. The number of hydrogen-bond acceptors (Lipinski definition) is 4. The predicted molar refractivity (Wildman–Crippen MR) is 88.2 cm³/mol. The molecular formula is C16H20BrN3O. The van der Waals surface area contributed by atoms with E-state index < -0.39 is 0 Å². The summed E-state index contributed by atoms with van der Waals surface area (Å²) in [6.45, 7) is 1.29. The number of nitrogens with zero attached hydrogens (tertiary/aromatic N) is 2. The second kappa shape index (κ2) is 7.54. The van der Waals surface area contributed by atoms with Crippen LogP contribution in [0.1, 0.15) is 17.2 Å². The molecular weight excluding hydrogens is 330 g/mol. The Morgan fingerprint density at radius 2 is 2.10 bits per heavy atom. The van der Waals surface area contributed by atoms with Crippen LogP contribution in [0.4, 0.5) is 0 Å². The van der Waals surface area contributed by atoms with E-state index in [0.717, 1.165) is 27.9 Å². The van der Waals surface area contributed by atoms with Gasteiger partial charge in [0.05, 0.1) is 7.11 Å². The van der Waals surface area contributed by atoms with E-state index in [1.54, 1.807) is 13.3 Å². The normalized spacial score (nSPS) is 12.4. The minimum Gasteiger partial charge on any atom is -0.496 e. The molecule has 0 fully saturated rings. The van der Waals surface area contributed by atoms with Gasteiger partial charge in [-0.2, -0.15) is 0 Å². The maximum Gasteiger partial charge on any atom is 0.123 e. The molecule has 1 unspecified atom stereocenters. The Morgan fingerprint density at radius 3 is 2.76 bits per heavy atom. The molecule has 0 aliphatic carbocycles. The van der Waals surface area contributed by atoms with E-state index >= 15 is 0 Å². The fourth-order valence-electron chi connectivity index (χ4n) is 2.39. The third kappa shape index (κ3) is 4.03. The van der Waals surface area contributed by atoms with Crippen LogP contribution in [0.15, 0.2) is 47.2 Å². The summed E-state index contributed by atoms with van der Waals surface area (Å²) in [5.41, 5.74) is 8.21. The van der Waals surface area contributed by atoms with E-state index in [-0.39, 0.29) is 6.04 Å². The number of nitrogens with two attached hydrogens (primary N) is 1.